The van der Waals surface area contributed by atoms with Crippen molar-refractivity contribution >= 4 is 38.8 Å². The molecule has 0 aromatic carbocycles. The molecule has 5 nitrogen and oxygen atoms in total. The van der Waals surface area contributed by atoms with E-state index in [1.165, 1.54) is 22.2 Å². The molecule has 0 spiro atoms. The van der Waals surface area contributed by atoms with Gasteiger partial charge in [0.2, 0.25) is 0 Å². The molecule has 3 aromatic heterocycles. The van der Waals surface area contributed by atoms with Gasteiger partial charge in [-0.05, 0) is 30.4 Å². The van der Waals surface area contributed by atoms with Gasteiger partial charge in [0.1, 0.15) is 4.83 Å². The van der Waals surface area contributed by atoms with Crippen LogP contribution >= 0.6 is 22.7 Å². The van der Waals surface area contributed by atoms with Gasteiger partial charge >= 0.3 is 0 Å². The molecule has 0 fully saturated rings. The lowest BCUT2D eigenvalue weighted by Gasteiger charge is -2.16. The minimum atomic E-state index is -0.135. The van der Waals surface area contributed by atoms with Crippen LogP contribution in [0, 0.1) is 6.92 Å². The van der Waals surface area contributed by atoms with Gasteiger partial charge in [0, 0.05) is 11.9 Å². The molecule has 24 heavy (non-hydrogen) atoms. The second-order valence-electron chi connectivity index (χ2n) is 5.73. The molecule has 0 saturated heterocycles. The van der Waals surface area contributed by atoms with Crippen molar-refractivity contribution in [1.29, 1.82) is 0 Å². The third-order valence-corrected chi connectivity index (χ3v) is 6.17. The predicted molar refractivity (Wildman–Crippen MR) is 99.0 cm³/mol. The molecule has 0 unspecified atom stereocenters. The van der Waals surface area contributed by atoms with Crippen LogP contribution in [0.5, 0.6) is 0 Å². The van der Waals surface area contributed by atoms with E-state index < -0.39 is 0 Å². The molecular weight excluding hydrogens is 342 g/mol. The van der Waals surface area contributed by atoms with Crippen molar-refractivity contribution in [2.45, 2.75) is 32.7 Å². The van der Waals surface area contributed by atoms with E-state index in [9.17, 15) is 9.59 Å². The van der Waals surface area contributed by atoms with Crippen LogP contribution < -0.4 is 10.9 Å². The zero-order valence-electron chi connectivity index (χ0n) is 13.8. The van der Waals surface area contributed by atoms with Crippen molar-refractivity contribution < 1.29 is 4.79 Å². The van der Waals surface area contributed by atoms with Crippen molar-refractivity contribution in [1.82, 2.24) is 14.9 Å². The summed E-state index contributed by atoms with van der Waals surface area (Å²) in [5.74, 6) is -0.135. The number of nitrogens with one attached hydrogen (secondary N) is 1. The third-order valence-electron chi connectivity index (χ3n) is 3.99. The fourth-order valence-corrected chi connectivity index (χ4v) is 4.57. The molecule has 7 heteroatoms. The Labute approximate surface area is 148 Å². The zero-order valence-corrected chi connectivity index (χ0v) is 15.5. The Balaban J connectivity index is 1.95. The van der Waals surface area contributed by atoms with Crippen molar-refractivity contribution in [3.63, 3.8) is 0 Å². The van der Waals surface area contributed by atoms with Crippen LogP contribution in [0.3, 0.4) is 0 Å². The third kappa shape index (κ3) is 3.01. The zero-order chi connectivity index (χ0) is 17.3. The Morgan fingerprint density at radius 3 is 2.92 bits per heavy atom. The lowest BCUT2D eigenvalue weighted by Crippen LogP contribution is -2.28. The number of amides is 1. The van der Waals surface area contributed by atoms with Gasteiger partial charge in [0.05, 0.1) is 22.6 Å². The smallest absolute Gasteiger partial charge is 0.262 e. The van der Waals surface area contributed by atoms with Crippen LogP contribution in [-0.2, 0) is 7.05 Å². The van der Waals surface area contributed by atoms with Gasteiger partial charge in [-0.15, -0.1) is 22.7 Å². The molecule has 0 aliphatic heterocycles. The molecule has 3 aromatic rings. The average molecular weight is 361 g/mol. The number of hydrogen-bond donors (Lipinski definition) is 1. The summed E-state index contributed by atoms with van der Waals surface area (Å²) < 4.78 is 1.44. The van der Waals surface area contributed by atoms with E-state index in [-0.39, 0.29) is 17.5 Å². The highest BCUT2D eigenvalue weighted by Gasteiger charge is 2.22. The van der Waals surface area contributed by atoms with E-state index in [0.717, 1.165) is 17.7 Å². The minimum absolute atomic E-state index is 0.00269. The molecule has 0 aliphatic rings. The van der Waals surface area contributed by atoms with Crippen LogP contribution in [-0.4, -0.2) is 15.5 Å². The number of aromatic nitrogens is 2. The number of fused-ring (bicyclic) bond motifs is 1. The normalized spacial score (nSPS) is 12.5. The van der Waals surface area contributed by atoms with E-state index in [4.69, 9.17) is 0 Å². The van der Waals surface area contributed by atoms with Crippen LogP contribution in [0.15, 0.2) is 28.6 Å². The number of aryl methyl sites for hydroxylation is 2. The fraction of sp³-hybridized carbons (Fsp3) is 0.353. The Kier molecular flexibility index (Phi) is 4.82. The Hall–Kier alpha value is -1.99. The van der Waals surface area contributed by atoms with E-state index in [2.05, 4.69) is 17.2 Å². The van der Waals surface area contributed by atoms with E-state index in [1.54, 1.807) is 18.4 Å². The molecule has 3 heterocycles. The van der Waals surface area contributed by atoms with Gasteiger partial charge in [0.15, 0.2) is 0 Å². The highest BCUT2D eigenvalue weighted by Crippen LogP contribution is 2.29. The molecule has 126 valence electrons. The summed E-state index contributed by atoms with van der Waals surface area (Å²) in [6.45, 7) is 3.92. The summed E-state index contributed by atoms with van der Waals surface area (Å²) in [5.41, 5.74) is 0.596. The van der Waals surface area contributed by atoms with E-state index in [1.807, 2.05) is 24.4 Å². The number of nitrogens with zero attached hydrogens (tertiary/aromatic N) is 2. The van der Waals surface area contributed by atoms with Gasteiger partial charge in [-0.2, -0.15) is 0 Å². The molecule has 1 N–H and O–H groups in total. The maximum absolute atomic E-state index is 12.8. The minimum Gasteiger partial charge on any atom is -0.344 e. The first-order valence-electron chi connectivity index (χ1n) is 7.82. The quantitative estimate of drug-likeness (QED) is 0.755. The largest absolute Gasteiger partial charge is 0.344 e. The fourth-order valence-electron chi connectivity index (χ4n) is 2.71. The van der Waals surface area contributed by atoms with Crippen LogP contribution in [0.4, 0.5) is 0 Å². The molecule has 1 amide bonds. The summed E-state index contributed by atoms with van der Waals surface area (Å²) in [6.07, 6.45) is 3.36. The van der Waals surface area contributed by atoms with Gasteiger partial charge in [-0.25, -0.2) is 4.98 Å². The molecule has 0 bridgehead atoms. The highest BCUT2D eigenvalue weighted by atomic mass is 32.1. The van der Waals surface area contributed by atoms with Gasteiger partial charge in [0.25, 0.3) is 11.5 Å². The first-order chi connectivity index (χ1) is 11.5. The van der Waals surface area contributed by atoms with Gasteiger partial charge in [-0.1, -0.05) is 19.4 Å². The number of carbonyl (C=O) groups excluding carboxylic acids is 1. The lowest BCUT2D eigenvalue weighted by molar-refractivity contribution is 0.0939. The number of rotatable bonds is 5. The highest BCUT2D eigenvalue weighted by molar-refractivity contribution is 7.20. The summed E-state index contributed by atoms with van der Waals surface area (Å²) in [7, 11) is 1.67. The maximum Gasteiger partial charge on any atom is 0.262 e. The van der Waals surface area contributed by atoms with Crippen LogP contribution in [0.2, 0.25) is 0 Å². The second kappa shape index (κ2) is 6.86. The SMILES string of the molecule is CCC[C@@H](NC(=O)c1sc2ncn(C)c(=O)c2c1C)c1cccs1. The Bertz CT molecular complexity index is 925. The summed E-state index contributed by atoms with van der Waals surface area (Å²) >= 11 is 2.92. The lowest BCUT2D eigenvalue weighted by atomic mass is 10.1. The van der Waals surface area contributed by atoms with Crippen molar-refractivity contribution in [2.75, 3.05) is 0 Å². The number of thiophene rings is 2. The van der Waals surface area contributed by atoms with Crippen molar-refractivity contribution in [3.8, 4) is 0 Å². The van der Waals surface area contributed by atoms with Gasteiger partial charge in [-0.3, -0.25) is 9.59 Å². The number of carbonyl (C=O) groups is 1. The molecular formula is C17H19N3O2S2. The van der Waals surface area contributed by atoms with Crippen molar-refractivity contribution in [3.05, 3.63) is 49.5 Å². The Morgan fingerprint density at radius 1 is 1.46 bits per heavy atom. The predicted octanol–water partition coefficient (Wildman–Crippen LogP) is 3.64. The number of hydrogen-bond acceptors (Lipinski definition) is 5. The molecule has 1 atom stereocenters. The average Bonchev–Trinajstić information content (AvgIpc) is 3.19. The summed E-state index contributed by atoms with van der Waals surface area (Å²) in [4.78, 5) is 31.7. The Morgan fingerprint density at radius 2 is 2.25 bits per heavy atom. The van der Waals surface area contributed by atoms with Crippen LogP contribution in [0.1, 0.15) is 45.9 Å². The van der Waals surface area contributed by atoms with E-state index in [0.29, 0.717) is 20.7 Å². The maximum atomic E-state index is 12.8. The molecule has 0 aliphatic carbocycles. The second-order valence-corrected chi connectivity index (χ2v) is 7.71. The molecule has 0 radical (unpaired) electrons. The van der Waals surface area contributed by atoms with Crippen LogP contribution in [0.25, 0.3) is 10.2 Å². The standard InChI is InChI=1S/C17H19N3O2S2/c1-4-6-11(12-7-5-8-23-12)19-15(21)14-10(2)13-16(24-14)18-9-20(3)17(13)22/h5,7-9,11H,4,6H2,1-3H3,(H,19,21)/t11-/m1/s1. The van der Waals surface area contributed by atoms with Gasteiger partial charge < -0.3 is 9.88 Å². The summed E-state index contributed by atoms with van der Waals surface area (Å²) in [5, 5.41) is 5.67. The topological polar surface area (TPSA) is 64.0 Å². The monoisotopic (exact) mass is 361 g/mol. The first-order valence-corrected chi connectivity index (χ1v) is 9.51. The first kappa shape index (κ1) is 16.9. The van der Waals surface area contributed by atoms with Crippen molar-refractivity contribution in [2.24, 2.45) is 7.05 Å². The molecule has 0 saturated carbocycles. The summed E-state index contributed by atoms with van der Waals surface area (Å²) in [6, 6.07) is 4.04. The van der Waals surface area contributed by atoms with E-state index >= 15 is 0 Å². The molecule has 3 rings (SSSR count).